The number of rotatable bonds is 2. The first-order valence-electron chi connectivity index (χ1n) is 16.4. The first-order chi connectivity index (χ1) is 24.7. The van der Waals surface area contributed by atoms with E-state index >= 15 is 0 Å². The van der Waals surface area contributed by atoms with E-state index in [0.717, 1.165) is 71.5 Å². The molecule has 0 bridgehead atoms. The third-order valence-corrected chi connectivity index (χ3v) is 11.3. The molecule has 0 unspecified atom stereocenters. The van der Waals surface area contributed by atoms with Crippen LogP contribution in [-0.4, -0.2) is 9.13 Å². The zero-order valence-corrected chi connectivity index (χ0v) is 27.1. The largest absolute Gasteiger partial charge is 0.456 e. The number of thiophene rings is 1. The van der Waals surface area contributed by atoms with Crippen molar-refractivity contribution in [3.63, 3.8) is 0 Å². The fourth-order valence-electron chi connectivity index (χ4n) is 7.94. The minimum Gasteiger partial charge on any atom is -0.456 e. The molecule has 0 aliphatic rings. The van der Waals surface area contributed by atoms with Gasteiger partial charge >= 0.3 is 0 Å². The molecule has 7 aromatic carbocycles. The molecule has 5 nitrogen and oxygen atoms in total. The normalized spacial score (nSPS) is 12.0. The van der Waals surface area contributed by atoms with Gasteiger partial charge in [0.05, 0.1) is 45.3 Å². The fraction of sp³-hybridized carbons (Fsp3) is 0. The molecular formula is C44H22N4OS. The first-order valence-corrected chi connectivity index (χ1v) is 17.2. The molecule has 0 fully saturated rings. The summed E-state index contributed by atoms with van der Waals surface area (Å²) in [6.07, 6.45) is 0. The van der Waals surface area contributed by atoms with Gasteiger partial charge in [0.15, 0.2) is 0 Å². The Hall–Kier alpha value is -6.86. The molecule has 4 aromatic heterocycles. The van der Waals surface area contributed by atoms with E-state index in [-0.39, 0.29) is 0 Å². The van der Waals surface area contributed by atoms with Crippen LogP contribution in [0.2, 0.25) is 0 Å². The summed E-state index contributed by atoms with van der Waals surface area (Å²) >= 11 is 1.76. The third kappa shape index (κ3) is 3.63. The Labute approximate surface area is 288 Å². The van der Waals surface area contributed by atoms with Crippen LogP contribution in [-0.2, 0) is 0 Å². The first kappa shape index (κ1) is 27.1. The van der Waals surface area contributed by atoms with Gasteiger partial charge in [-0.1, -0.05) is 36.4 Å². The molecular weight excluding hydrogens is 633 g/mol. The van der Waals surface area contributed by atoms with Gasteiger partial charge in [-0.15, -0.1) is 11.3 Å². The van der Waals surface area contributed by atoms with Crippen LogP contribution in [0.3, 0.4) is 0 Å². The van der Waals surface area contributed by atoms with Crippen LogP contribution in [0.5, 0.6) is 0 Å². The number of benzene rings is 7. The second kappa shape index (κ2) is 9.84. The van der Waals surface area contributed by atoms with Crippen molar-refractivity contribution < 1.29 is 4.42 Å². The van der Waals surface area contributed by atoms with Crippen LogP contribution in [0.25, 0.3) is 97.1 Å². The minimum atomic E-state index is 0.649. The summed E-state index contributed by atoms with van der Waals surface area (Å²) in [5.41, 5.74) is 9.51. The second-order valence-electron chi connectivity index (χ2n) is 12.8. The molecule has 6 heteroatoms. The number of fused-ring (bicyclic) bond motifs is 12. The number of nitrogens with zero attached hydrogens (tertiary/aromatic N) is 4. The highest BCUT2D eigenvalue weighted by molar-refractivity contribution is 7.25. The Bertz CT molecular complexity index is 3360. The van der Waals surface area contributed by atoms with Gasteiger partial charge in [0.25, 0.3) is 0 Å². The van der Waals surface area contributed by atoms with E-state index in [9.17, 15) is 10.5 Å². The number of para-hydroxylation sites is 2. The van der Waals surface area contributed by atoms with Gasteiger partial charge in [-0.3, -0.25) is 0 Å². The number of furan rings is 1. The van der Waals surface area contributed by atoms with E-state index in [0.29, 0.717) is 11.1 Å². The van der Waals surface area contributed by atoms with E-state index in [1.807, 2.05) is 36.4 Å². The number of nitriles is 2. The molecule has 230 valence electrons. The summed E-state index contributed by atoms with van der Waals surface area (Å²) in [7, 11) is 0. The molecule has 11 rings (SSSR count). The molecule has 0 radical (unpaired) electrons. The highest BCUT2D eigenvalue weighted by atomic mass is 32.1. The molecule has 0 aliphatic carbocycles. The lowest BCUT2D eigenvalue weighted by Gasteiger charge is -2.09. The van der Waals surface area contributed by atoms with Crippen LogP contribution < -0.4 is 0 Å². The van der Waals surface area contributed by atoms with Gasteiger partial charge in [0, 0.05) is 63.9 Å². The zero-order chi connectivity index (χ0) is 33.1. The highest BCUT2D eigenvalue weighted by Gasteiger charge is 2.19. The maximum atomic E-state index is 9.61. The van der Waals surface area contributed by atoms with Crippen LogP contribution in [0.4, 0.5) is 0 Å². The Morgan fingerprint density at radius 3 is 1.62 bits per heavy atom. The fourth-order valence-corrected chi connectivity index (χ4v) is 9.04. The summed E-state index contributed by atoms with van der Waals surface area (Å²) in [6, 6.07) is 50.9. The summed E-state index contributed by atoms with van der Waals surface area (Å²) in [5.74, 6) is 0. The summed E-state index contributed by atoms with van der Waals surface area (Å²) in [5, 5.41) is 28.1. The van der Waals surface area contributed by atoms with Crippen molar-refractivity contribution in [3.8, 4) is 23.5 Å². The standard InChI is InChI=1S/C44H22N4OS/c45-23-25-9-13-39-31(17-25)29-5-1-3-7-37(29)47(39)27-11-14-41-33(19-27)34-20-28(12-15-42(34)49-41)48-38-8-4-2-6-30(38)32-21-36-35-18-26(24-46)10-16-43(35)50-44(36)22-40(32)48/h1-22H. The van der Waals surface area contributed by atoms with Gasteiger partial charge in [-0.25, -0.2) is 0 Å². The number of aromatic nitrogens is 2. The van der Waals surface area contributed by atoms with Gasteiger partial charge in [-0.05, 0) is 97.1 Å². The number of hydrogen-bond donors (Lipinski definition) is 0. The van der Waals surface area contributed by atoms with Crippen molar-refractivity contribution in [2.75, 3.05) is 0 Å². The van der Waals surface area contributed by atoms with Crippen molar-refractivity contribution >= 4 is 97.1 Å². The summed E-state index contributed by atoms with van der Waals surface area (Å²) < 4.78 is 13.4. The van der Waals surface area contributed by atoms with Crippen molar-refractivity contribution in [2.24, 2.45) is 0 Å². The predicted octanol–water partition coefficient (Wildman–Crippen LogP) is 11.9. The Balaban J connectivity index is 1.16. The van der Waals surface area contributed by atoms with Crippen LogP contribution in [0.15, 0.2) is 138 Å². The van der Waals surface area contributed by atoms with Crippen LogP contribution in [0, 0.1) is 22.7 Å². The smallest absolute Gasteiger partial charge is 0.135 e. The van der Waals surface area contributed by atoms with E-state index < -0.39 is 0 Å². The van der Waals surface area contributed by atoms with Gasteiger partial charge in [0.2, 0.25) is 0 Å². The molecule has 11 aromatic rings. The van der Waals surface area contributed by atoms with E-state index in [4.69, 9.17) is 4.42 Å². The van der Waals surface area contributed by atoms with Gasteiger partial charge < -0.3 is 13.6 Å². The average Bonchev–Trinajstić information content (AvgIpc) is 3.90. The maximum absolute atomic E-state index is 9.61. The molecule has 0 aliphatic heterocycles. The lowest BCUT2D eigenvalue weighted by Crippen LogP contribution is -1.94. The lowest BCUT2D eigenvalue weighted by atomic mass is 10.1. The van der Waals surface area contributed by atoms with E-state index in [1.54, 1.807) is 11.3 Å². The zero-order valence-electron chi connectivity index (χ0n) is 26.3. The van der Waals surface area contributed by atoms with Crippen molar-refractivity contribution in [3.05, 3.63) is 145 Å². The topological polar surface area (TPSA) is 70.6 Å². The van der Waals surface area contributed by atoms with Crippen molar-refractivity contribution in [2.45, 2.75) is 0 Å². The highest BCUT2D eigenvalue weighted by Crippen LogP contribution is 2.42. The minimum absolute atomic E-state index is 0.649. The molecule has 0 atom stereocenters. The van der Waals surface area contributed by atoms with Crippen molar-refractivity contribution in [1.29, 1.82) is 10.5 Å². The summed E-state index contributed by atoms with van der Waals surface area (Å²) in [4.78, 5) is 0. The molecule has 50 heavy (non-hydrogen) atoms. The lowest BCUT2D eigenvalue weighted by molar-refractivity contribution is 0.669. The molecule has 0 amide bonds. The quantitative estimate of drug-likeness (QED) is 0.186. The summed E-state index contributed by atoms with van der Waals surface area (Å²) in [6.45, 7) is 0. The van der Waals surface area contributed by atoms with E-state index in [1.165, 1.54) is 25.6 Å². The Morgan fingerprint density at radius 2 is 0.960 bits per heavy atom. The van der Waals surface area contributed by atoms with Gasteiger partial charge in [-0.2, -0.15) is 10.5 Å². The maximum Gasteiger partial charge on any atom is 0.135 e. The third-order valence-electron chi connectivity index (χ3n) is 10.1. The average molecular weight is 655 g/mol. The van der Waals surface area contributed by atoms with Crippen LogP contribution >= 0.6 is 11.3 Å². The van der Waals surface area contributed by atoms with Gasteiger partial charge in [0.1, 0.15) is 11.2 Å². The molecule has 0 spiro atoms. The van der Waals surface area contributed by atoms with Crippen LogP contribution in [0.1, 0.15) is 11.1 Å². The Kier molecular flexibility index (Phi) is 5.34. The number of hydrogen-bond acceptors (Lipinski definition) is 4. The SMILES string of the molecule is N#Cc1ccc2sc3cc4c(cc3c2c1)c1ccccc1n4-c1ccc2oc3ccc(-n4c5ccccc5c5cc(C#N)ccc54)cc3c2c1. The Morgan fingerprint density at radius 1 is 0.420 bits per heavy atom. The predicted molar refractivity (Wildman–Crippen MR) is 205 cm³/mol. The second-order valence-corrected chi connectivity index (χ2v) is 13.9. The van der Waals surface area contributed by atoms with Crippen molar-refractivity contribution in [1.82, 2.24) is 9.13 Å². The monoisotopic (exact) mass is 654 g/mol. The van der Waals surface area contributed by atoms with E-state index in [2.05, 4.69) is 118 Å². The molecule has 4 heterocycles. The molecule has 0 N–H and O–H groups in total. The molecule has 0 saturated heterocycles. The molecule has 0 saturated carbocycles.